The molecule has 2 N–H and O–H groups in total. The van der Waals surface area contributed by atoms with Crippen LogP contribution >= 0.6 is 0 Å². The lowest BCUT2D eigenvalue weighted by Crippen LogP contribution is -2.52. The molecule has 1 aliphatic rings. The van der Waals surface area contributed by atoms with E-state index in [4.69, 9.17) is 0 Å². The number of carbonyl (C=O) groups excluding carboxylic acids is 3. The SMILES string of the molecule is Cc1ccc(NC(=O)C[S@](=O)CC(=O)N(c2cccc(C(F)(F)F)c2)[C@H](C)C(=O)NC2CCCCC2)cc1. The molecule has 0 spiro atoms. The summed E-state index contributed by atoms with van der Waals surface area (Å²) in [4.78, 5) is 39.6. The zero-order chi connectivity index (χ0) is 27.9. The summed E-state index contributed by atoms with van der Waals surface area (Å²) in [5, 5.41) is 5.49. The Hall–Kier alpha value is -3.21. The van der Waals surface area contributed by atoms with Gasteiger partial charge in [-0.25, -0.2) is 0 Å². The normalized spacial score (nSPS) is 15.8. The Kier molecular flexibility index (Phi) is 10.1. The third kappa shape index (κ3) is 8.41. The van der Waals surface area contributed by atoms with E-state index in [1.807, 2.05) is 6.92 Å². The van der Waals surface area contributed by atoms with Gasteiger partial charge in [-0.1, -0.05) is 43.0 Å². The first kappa shape index (κ1) is 29.3. The number of halogens is 3. The quantitative estimate of drug-likeness (QED) is 0.477. The molecule has 0 unspecified atom stereocenters. The highest BCUT2D eigenvalue weighted by molar-refractivity contribution is 7.86. The van der Waals surface area contributed by atoms with Crippen LogP contribution in [0, 0.1) is 6.92 Å². The topological polar surface area (TPSA) is 95.6 Å². The number of nitrogens with zero attached hydrogens (tertiary/aromatic N) is 1. The molecule has 7 nitrogen and oxygen atoms in total. The van der Waals surface area contributed by atoms with Crippen molar-refractivity contribution in [3.63, 3.8) is 0 Å². The predicted molar refractivity (Wildman–Crippen MR) is 141 cm³/mol. The smallest absolute Gasteiger partial charge is 0.352 e. The van der Waals surface area contributed by atoms with Gasteiger partial charge in [-0.15, -0.1) is 0 Å². The molecule has 0 bridgehead atoms. The fourth-order valence-corrected chi connectivity index (χ4v) is 5.22. The van der Waals surface area contributed by atoms with Gasteiger partial charge in [0.25, 0.3) is 0 Å². The molecule has 2 aromatic carbocycles. The van der Waals surface area contributed by atoms with Crippen LogP contribution in [0.15, 0.2) is 48.5 Å². The van der Waals surface area contributed by atoms with Gasteiger partial charge in [-0.05, 0) is 57.0 Å². The number of anilines is 2. The van der Waals surface area contributed by atoms with Crippen molar-refractivity contribution >= 4 is 39.9 Å². The van der Waals surface area contributed by atoms with Crippen LogP contribution in [-0.4, -0.2) is 45.5 Å². The lowest BCUT2D eigenvalue weighted by atomic mass is 9.95. The minimum absolute atomic E-state index is 0.0724. The number of aryl methyl sites for hydroxylation is 1. The molecule has 3 rings (SSSR count). The van der Waals surface area contributed by atoms with E-state index in [-0.39, 0.29) is 11.7 Å². The number of carbonyl (C=O) groups is 3. The van der Waals surface area contributed by atoms with Crippen LogP contribution in [0.2, 0.25) is 0 Å². The molecule has 0 aromatic heterocycles. The van der Waals surface area contributed by atoms with Crippen molar-refractivity contribution < 1.29 is 31.8 Å². The number of amides is 3. The Morgan fingerprint density at radius 2 is 1.68 bits per heavy atom. The molecule has 1 saturated carbocycles. The molecule has 38 heavy (non-hydrogen) atoms. The number of hydrogen-bond acceptors (Lipinski definition) is 4. The van der Waals surface area contributed by atoms with Crippen LogP contribution in [0.4, 0.5) is 24.5 Å². The Balaban J connectivity index is 1.75. The van der Waals surface area contributed by atoms with E-state index in [2.05, 4.69) is 10.6 Å². The second-order valence-corrected chi connectivity index (χ2v) is 10.9. The van der Waals surface area contributed by atoms with Crippen molar-refractivity contribution in [2.45, 2.75) is 64.2 Å². The summed E-state index contributed by atoms with van der Waals surface area (Å²) in [6.45, 7) is 3.31. The van der Waals surface area contributed by atoms with E-state index in [0.29, 0.717) is 5.69 Å². The Bertz CT molecular complexity index is 1160. The van der Waals surface area contributed by atoms with Crippen molar-refractivity contribution in [3.05, 3.63) is 59.7 Å². The number of alkyl halides is 3. The number of rotatable bonds is 9. The average molecular weight is 552 g/mol. The van der Waals surface area contributed by atoms with Gasteiger partial charge in [0, 0.05) is 28.2 Å². The molecule has 11 heteroatoms. The van der Waals surface area contributed by atoms with Gasteiger partial charge < -0.3 is 10.6 Å². The van der Waals surface area contributed by atoms with Crippen LogP contribution in [0.5, 0.6) is 0 Å². The van der Waals surface area contributed by atoms with Crippen molar-refractivity contribution in [3.8, 4) is 0 Å². The molecule has 206 valence electrons. The van der Waals surface area contributed by atoms with Gasteiger partial charge in [0.15, 0.2) is 0 Å². The summed E-state index contributed by atoms with van der Waals surface area (Å²) in [7, 11) is -1.97. The molecule has 1 fully saturated rings. The van der Waals surface area contributed by atoms with Crippen molar-refractivity contribution in [1.82, 2.24) is 5.32 Å². The van der Waals surface area contributed by atoms with E-state index in [1.165, 1.54) is 13.0 Å². The van der Waals surface area contributed by atoms with Crippen LogP contribution in [0.3, 0.4) is 0 Å². The second-order valence-electron chi connectivity index (χ2n) is 9.47. The highest BCUT2D eigenvalue weighted by Crippen LogP contribution is 2.32. The summed E-state index contributed by atoms with van der Waals surface area (Å²) >= 11 is 0. The molecule has 2 atom stereocenters. The fraction of sp³-hybridized carbons (Fsp3) is 0.444. The van der Waals surface area contributed by atoms with E-state index < -0.39 is 57.8 Å². The van der Waals surface area contributed by atoms with Crippen molar-refractivity contribution in [1.29, 1.82) is 0 Å². The lowest BCUT2D eigenvalue weighted by molar-refractivity contribution is -0.137. The minimum Gasteiger partial charge on any atom is -0.352 e. The maximum Gasteiger partial charge on any atom is 0.416 e. The van der Waals surface area contributed by atoms with Gasteiger partial charge in [0.05, 0.1) is 5.56 Å². The summed E-state index contributed by atoms with van der Waals surface area (Å²) < 4.78 is 52.8. The first-order chi connectivity index (χ1) is 17.9. The Morgan fingerprint density at radius 3 is 2.32 bits per heavy atom. The molecule has 1 aliphatic carbocycles. The maximum atomic E-state index is 13.4. The van der Waals surface area contributed by atoms with Gasteiger partial charge in [0.1, 0.15) is 17.5 Å². The molecular weight excluding hydrogens is 519 g/mol. The van der Waals surface area contributed by atoms with E-state index >= 15 is 0 Å². The number of benzene rings is 2. The van der Waals surface area contributed by atoms with Gasteiger partial charge in [-0.3, -0.25) is 23.5 Å². The van der Waals surface area contributed by atoms with Gasteiger partial charge >= 0.3 is 6.18 Å². The third-order valence-electron chi connectivity index (χ3n) is 6.35. The molecule has 0 aliphatic heterocycles. The zero-order valence-electron chi connectivity index (χ0n) is 21.3. The van der Waals surface area contributed by atoms with Crippen LogP contribution < -0.4 is 15.5 Å². The molecule has 0 saturated heterocycles. The predicted octanol–water partition coefficient (Wildman–Crippen LogP) is 4.57. The maximum absolute atomic E-state index is 13.4. The summed E-state index contributed by atoms with van der Waals surface area (Å²) in [5.74, 6) is -3.03. The third-order valence-corrected chi connectivity index (χ3v) is 7.50. The van der Waals surface area contributed by atoms with E-state index in [9.17, 15) is 31.8 Å². The standard InChI is InChI=1S/C27H32F3N3O4S/c1-18-11-13-22(14-12-18)31-24(34)16-38(37)17-25(35)33(23-10-6-7-20(15-23)27(28,29)30)19(2)26(36)32-21-8-4-3-5-9-21/h6-7,10-15,19,21H,3-5,8-9,16-17H2,1-2H3,(H,31,34)(H,32,36)/t19-,38+/m1/s1. The monoisotopic (exact) mass is 551 g/mol. The fourth-order valence-electron chi connectivity index (χ4n) is 4.34. The van der Waals surface area contributed by atoms with E-state index in [0.717, 1.165) is 60.8 Å². The Labute approximate surface area is 222 Å². The zero-order valence-corrected chi connectivity index (χ0v) is 22.2. The highest BCUT2D eigenvalue weighted by atomic mass is 32.2. The lowest BCUT2D eigenvalue weighted by Gasteiger charge is -2.31. The molecule has 2 aromatic rings. The largest absolute Gasteiger partial charge is 0.416 e. The number of hydrogen-bond donors (Lipinski definition) is 2. The average Bonchev–Trinajstić information content (AvgIpc) is 2.85. The molecule has 3 amide bonds. The number of nitrogens with one attached hydrogen (secondary N) is 2. The molecule has 0 radical (unpaired) electrons. The summed E-state index contributed by atoms with van der Waals surface area (Å²) in [6.07, 6.45) is -0.0973. The van der Waals surface area contributed by atoms with Crippen molar-refractivity contribution in [2.24, 2.45) is 0 Å². The molecular formula is C27H32F3N3O4S. The highest BCUT2D eigenvalue weighted by Gasteiger charge is 2.34. The van der Waals surface area contributed by atoms with E-state index in [1.54, 1.807) is 24.3 Å². The molecule has 0 heterocycles. The van der Waals surface area contributed by atoms with Gasteiger partial charge in [-0.2, -0.15) is 13.2 Å². The summed E-state index contributed by atoms with van der Waals surface area (Å²) in [5.41, 5.74) is 0.375. The minimum atomic E-state index is -4.66. The first-order valence-electron chi connectivity index (χ1n) is 12.4. The van der Waals surface area contributed by atoms with Crippen LogP contribution in [0.1, 0.15) is 50.2 Å². The van der Waals surface area contributed by atoms with Gasteiger partial charge in [0.2, 0.25) is 17.7 Å². The Morgan fingerprint density at radius 1 is 1.03 bits per heavy atom. The van der Waals surface area contributed by atoms with Crippen molar-refractivity contribution in [2.75, 3.05) is 21.7 Å². The van der Waals surface area contributed by atoms with Crippen LogP contribution in [0.25, 0.3) is 0 Å². The summed E-state index contributed by atoms with van der Waals surface area (Å²) in [6, 6.07) is 9.82. The second kappa shape index (κ2) is 13.0. The first-order valence-corrected chi connectivity index (χ1v) is 13.9. The van der Waals surface area contributed by atoms with Crippen LogP contribution in [-0.2, 0) is 31.4 Å².